The van der Waals surface area contributed by atoms with Gasteiger partial charge in [-0.05, 0) is 18.8 Å². The van der Waals surface area contributed by atoms with Gasteiger partial charge in [-0.25, -0.2) is 4.79 Å². The molecule has 2 rings (SSSR count). The predicted molar refractivity (Wildman–Crippen MR) is 64.3 cm³/mol. The van der Waals surface area contributed by atoms with Crippen molar-refractivity contribution < 1.29 is 4.79 Å². The molecule has 2 heterocycles. The van der Waals surface area contributed by atoms with Crippen LogP contribution < -0.4 is 0 Å². The number of nitrogens with zero attached hydrogens (tertiary/aromatic N) is 2. The second kappa shape index (κ2) is 5.10. The number of piperidine rings is 1. The van der Waals surface area contributed by atoms with Crippen molar-refractivity contribution in [2.24, 2.45) is 5.92 Å². The van der Waals surface area contributed by atoms with Gasteiger partial charge in [-0.1, -0.05) is 6.92 Å². The number of rotatable bonds is 0. The van der Waals surface area contributed by atoms with Crippen LogP contribution in [-0.2, 0) is 0 Å². The normalized spacial score (nSPS) is 24.3. The summed E-state index contributed by atoms with van der Waals surface area (Å²) in [6.45, 7) is 6.08. The standard InChI is InChI=1S/C11H20N2OS/c1-10-2-4-12(5-3-10)11(14)13-6-8-15-9-7-13/h10H,2-9H2,1H3. The molecular formula is C11H20N2OS. The van der Waals surface area contributed by atoms with Gasteiger partial charge < -0.3 is 9.80 Å². The molecule has 4 heteroatoms. The number of hydrogen-bond acceptors (Lipinski definition) is 2. The number of carbonyl (C=O) groups excluding carboxylic acids is 1. The first kappa shape index (κ1) is 11.1. The second-order valence-corrected chi connectivity index (χ2v) is 5.78. The zero-order chi connectivity index (χ0) is 10.7. The average Bonchev–Trinajstić information content (AvgIpc) is 2.30. The minimum atomic E-state index is 0.280. The molecule has 2 amide bonds. The lowest BCUT2D eigenvalue weighted by Gasteiger charge is -2.36. The summed E-state index contributed by atoms with van der Waals surface area (Å²) >= 11 is 1.95. The lowest BCUT2D eigenvalue weighted by molar-refractivity contribution is 0.138. The Bertz CT molecular complexity index is 221. The van der Waals surface area contributed by atoms with Crippen molar-refractivity contribution >= 4 is 17.8 Å². The molecule has 0 atom stereocenters. The summed E-state index contributed by atoms with van der Waals surface area (Å²) in [7, 11) is 0. The Balaban J connectivity index is 1.84. The molecule has 0 bridgehead atoms. The fourth-order valence-electron chi connectivity index (χ4n) is 2.15. The lowest BCUT2D eigenvalue weighted by Crippen LogP contribution is -2.49. The molecular weight excluding hydrogens is 208 g/mol. The maximum atomic E-state index is 12.1. The molecule has 2 aliphatic rings. The smallest absolute Gasteiger partial charge is 0.320 e. The summed E-state index contributed by atoms with van der Waals surface area (Å²) in [5, 5.41) is 0. The van der Waals surface area contributed by atoms with Gasteiger partial charge in [0.2, 0.25) is 0 Å². The molecule has 0 N–H and O–H groups in total. The third-order valence-electron chi connectivity index (χ3n) is 3.34. The van der Waals surface area contributed by atoms with Crippen LogP contribution in [0.3, 0.4) is 0 Å². The molecule has 2 fully saturated rings. The Morgan fingerprint density at radius 3 is 2.20 bits per heavy atom. The molecule has 0 aromatic rings. The third-order valence-corrected chi connectivity index (χ3v) is 4.28. The van der Waals surface area contributed by atoms with Gasteiger partial charge in [-0.2, -0.15) is 11.8 Å². The highest BCUT2D eigenvalue weighted by atomic mass is 32.2. The molecule has 3 nitrogen and oxygen atoms in total. The van der Waals surface area contributed by atoms with Gasteiger partial charge in [0.05, 0.1) is 0 Å². The summed E-state index contributed by atoms with van der Waals surface area (Å²) in [5.74, 6) is 3.01. The highest BCUT2D eigenvalue weighted by Crippen LogP contribution is 2.18. The average molecular weight is 228 g/mol. The second-order valence-electron chi connectivity index (χ2n) is 4.55. The Morgan fingerprint density at radius 2 is 1.60 bits per heavy atom. The lowest BCUT2D eigenvalue weighted by atomic mass is 10.00. The van der Waals surface area contributed by atoms with Gasteiger partial charge in [-0.15, -0.1) is 0 Å². The van der Waals surface area contributed by atoms with Gasteiger partial charge >= 0.3 is 6.03 Å². The van der Waals surface area contributed by atoms with Crippen LogP contribution >= 0.6 is 11.8 Å². The minimum Gasteiger partial charge on any atom is -0.325 e. The molecule has 0 radical (unpaired) electrons. The first-order chi connectivity index (χ1) is 7.27. The number of urea groups is 1. The van der Waals surface area contributed by atoms with Crippen molar-refractivity contribution in [1.82, 2.24) is 9.80 Å². The SMILES string of the molecule is CC1CCN(C(=O)N2CCSCC2)CC1. The van der Waals surface area contributed by atoms with Gasteiger partial charge in [0.15, 0.2) is 0 Å². The summed E-state index contributed by atoms with van der Waals surface area (Å²) in [5.41, 5.74) is 0. The highest BCUT2D eigenvalue weighted by Gasteiger charge is 2.25. The Hall–Kier alpha value is -0.380. The van der Waals surface area contributed by atoms with Gasteiger partial charge in [0, 0.05) is 37.7 Å². The number of thioether (sulfide) groups is 1. The molecule has 0 aliphatic carbocycles. The topological polar surface area (TPSA) is 23.6 Å². The minimum absolute atomic E-state index is 0.280. The van der Waals surface area contributed by atoms with Gasteiger partial charge in [0.25, 0.3) is 0 Å². The summed E-state index contributed by atoms with van der Waals surface area (Å²) in [6.07, 6.45) is 2.35. The van der Waals surface area contributed by atoms with Gasteiger partial charge in [-0.3, -0.25) is 0 Å². The maximum Gasteiger partial charge on any atom is 0.320 e. The number of carbonyl (C=O) groups is 1. The summed E-state index contributed by atoms with van der Waals surface area (Å²) < 4.78 is 0. The quantitative estimate of drug-likeness (QED) is 0.632. The third kappa shape index (κ3) is 2.80. The number of amides is 2. The van der Waals surface area contributed by atoms with E-state index in [2.05, 4.69) is 6.92 Å². The van der Waals surface area contributed by atoms with E-state index in [0.29, 0.717) is 0 Å². The first-order valence-electron chi connectivity index (χ1n) is 5.89. The van der Waals surface area contributed by atoms with E-state index in [-0.39, 0.29) is 6.03 Å². The highest BCUT2D eigenvalue weighted by molar-refractivity contribution is 7.99. The number of likely N-dealkylation sites (tertiary alicyclic amines) is 1. The first-order valence-corrected chi connectivity index (χ1v) is 7.04. The molecule has 86 valence electrons. The van der Waals surface area contributed by atoms with E-state index in [0.717, 1.165) is 43.6 Å². The zero-order valence-electron chi connectivity index (χ0n) is 9.45. The van der Waals surface area contributed by atoms with E-state index < -0.39 is 0 Å². The van der Waals surface area contributed by atoms with Crippen LogP contribution in [0.4, 0.5) is 4.79 Å². The molecule has 0 aromatic heterocycles. The Kier molecular flexibility index (Phi) is 3.78. The fourth-order valence-corrected chi connectivity index (χ4v) is 3.06. The van der Waals surface area contributed by atoms with E-state index in [9.17, 15) is 4.79 Å². The summed E-state index contributed by atoms with van der Waals surface area (Å²) in [4.78, 5) is 16.2. The molecule has 0 saturated carbocycles. The molecule has 0 unspecified atom stereocenters. The van der Waals surface area contributed by atoms with E-state index in [1.807, 2.05) is 21.6 Å². The van der Waals surface area contributed by atoms with E-state index in [1.54, 1.807) is 0 Å². The van der Waals surface area contributed by atoms with E-state index >= 15 is 0 Å². The van der Waals surface area contributed by atoms with Crippen molar-refractivity contribution in [3.8, 4) is 0 Å². The van der Waals surface area contributed by atoms with Crippen molar-refractivity contribution in [3.05, 3.63) is 0 Å². The molecule has 2 aliphatic heterocycles. The monoisotopic (exact) mass is 228 g/mol. The molecule has 2 saturated heterocycles. The molecule has 0 aromatic carbocycles. The van der Waals surface area contributed by atoms with Crippen molar-refractivity contribution in [1.29, 1.82) is 0 Å². The van der Waals surface area contributed by atoms with Crippen LogP contribution in [0.5, 0.6) is 0 Å². The van der Waals surface area contributed by atoms with E-state index in [4.69, 9.17) is 0 Å². The predicted octanol–water partition coefficient (Wildman–Crippen LogP) is 1.89. The van der Waals surface area contributed by atoms with Crippen molar-refractivity contribution in [2.45, 2.75) is 19.8 Å². The Morgan fingerprint density at radius 1 is 1.07 bits per heavy atom. The van der Waals surface area contributed by atoms with Crippen LogP contribution in [0.15, 0.2) is 0 Å². The van der Waals surface area contributed by atoms with Crippen LogP contribution in [0, 0.1) is 5.92 Å². The zero-order valence-corrected chi connectivity index (χ0v) is 10.3. The Labute approximate surface area is 96.2 Å². The van der Waals surface area contributed by atoms with Gasteiger partial charge in [0.1, 0.15) is 0 Å². The van der Waals surface area contributed by atoms with Crippen LogP contribution in [0.25, 0.3) is 0 Å². The van der Waals surface area contributed by atoms with Crippen LogP contribution in [0.2, 0.25) is 0 Å². The molecule has 15 heavy (non-hydrogen) atoms. The molecule has 0 spiro atoms. The largest absolute Gasteiger partial charge is 0.325 e. The maximum absolute atomic E-state index is 12.1. The van der Waals surface area contributed by atoms with Crippen molar-refractivity contribution in [3.63, 3.8) is 0 Å². The van der Waals surface area contributed by atoms with E-state index in [1.165, 1.54) is 12.8 Å². The van der Waals surface area contributed by atoms with Crippen LogP contribution in [-0.4, -0.2) is 53.5 Å². The number of hydrogen-bond donors (Lipinski definition) is 0. The summed E-state index contributed by atoms with van der Waals surface area (Å²) in [6, 6.07) is 0.280. The van der Waals surface area contributed by atoms with Crippen LogP contribution in [0.1, 0.15) is 19.8 Å². The van der Waals surface area contributed by atoms with Crippen molar-refractivity contribution in [2.75, 3.05) is 37.7 Å². The fraction of sp³-hybridized carbons (Fsp3) is 0.909.